The number of nitrogens with zero attached hydrogens (tertiary/aromatic N) is 1. The fourth-order valence-electron chi connectivity index (χ4n) is 3.79. The van der Waals surface area contributed by atoms with E-state index in [1.807, 2.05) is 66.7 Å². The van der Waals surface area contributed by atoms with E-state index >= 15 is 0 Å². The number of aliphatic hydroxyl groups is 1. The van der Waals surface area contributed by atoms with Crippen LogP contribution < -0.4 is 15.4 Å². The van der Waals surface area contributed by atoms with Gasteiger partial charge in [0, 0.05) is 23.5 Å². The van der Waals surface area contributed by atoms with Crippen LogP contribution in [-0.2, 0) is 5.72 Å². The normalized spacial score (nSPS) is 13.3. The molecular weight excluding hydrogens is 400 g/mol. The van der Waals surface area contributed by atoms with Gasteiger partial charge in [0.2, 0.25) is 5.88 Å². The Bertz CT molecular complexity index is 1170. The van der Waals surface area contributed by atoms with Gasteiger partial charge < -0.3 is 15.2 Å². The number of para-hydroxylation sites is 1. The fraction of sp³-hybridized carbons (Fsp3) is 0.269. The smallest absolute Gasteiger partial charge is 0.240 e. The van der Waals surface area contributed by atoms with Crippen LogP contribution in [0.5, 0.6) is 5.88 Å². The summed E-state index contributed by atoms with van der Waals surface area (Å²) in [6.07, 6.45) is 0. The summed E-state index contributed by atoms with van der Waals surface area (Å²) in [5.41, 5.74) is 3.65. The van der Waals surface area contributed by atoms with Gasteiger partial charge in [-0.3, -0.25) is 10.4 Å². The summed E-state index contributed by atoms with van der Waals surface area (Å²) >= 11 is 0. The summed E-state index contributed by atoms with van der Waals surface area (Å²) in [4.78, 5) is 0. The van der Waals surface area contributed by atoms with Crippen molar-refractivity contribution >= 4 is 22.3 Å². The van der Waals surface area contributed by atoms with Gasteiger partial charge in [0.25, 0.3) is 0 Å². The average molecular weight is 431 g/mol. The second kappa shape index (κ2) is 9.42. The van der Waals surface area contributed by atoms with Crippen molar-refractivity contribution < 1.29 is 9.84 Å². The summed E-state index contributed by atoms with van der Waals surface area (Å²) < 4.78 is 5.96. The molecule has 0 aliphatic heterocycles. The van der Waals surface area contributed by atoms with Gasteiger partial charge in [-0.1, -0.05) is 56.3 Å². The van der Waals surface area contributed by atoms with Crippen molar-refractivity contribution in [3.8, 4) is 5.88 Å². The first-order chi connectivity index (χ1) is 15.4. The van der Waals surface area contributed by atoms with Gasteiger partial charge in [0.05, 0.1) is 10.9 Å². The predicted molar refractivity (Wildman–Crippen MR) is 129 cm³/mol. The van der Waals surface area contributed by atoms with Gasteiger partial charge in [-0.2, -0.15) is 0 Å². The summed E-state index contributed by atoms with van der Waals surface area (Å²) in [6, 6.07) is 23.8. The monoisotopic (exact) mass is 430 g/mol. The van der Waals surface area contributed by atoms with Crippen molar-refractivity contribution in [1.29, 1.82) is 0 Å². The lowest BCUT2D eigenvalue weighted by Crippen LogP contribution is -2.41. The van der Waals surface area contributed by atoms with Gasteiger partial charge in [-0.15, -0.1) is 5.10 Å². The minimum atomic E-state index is -1.20. The third kappa shape index (κ3) is 4.93. The van der Waals surface area contributed by atoms with Crippen LogP contribution in [0, 0.1) is 0 Å². The third-order valence-electron chi connectivity index (χ3n) is 5.51. The van der Waals surface area contributed by atoms with E-state index in [-0.39, 0.29) is 0 Å². The molecule has 32 heavy (non-hydrogen) atoms. The van der Waals surface area contributed by atoms with E-state index in [1.165, 1.54) is 5.56 Å². The van der Waals surface area contributed by atoms with Crippen LogP contribution in [0.1, 0.15) is 37.8 Å². The second-order valence-corrected chi connectivity index (χ2v) is 8.37. The molecule has 0 bridgehead atoms. The van der Waals surface area contributed by atoms with Gasteiger partial charge in [-0.25, -0.2) is 0 Å². The number of hydrogen-bond donors (Lipinski definition) is 4. The second-order valence-electron chi connectivity index (χ2n) is 8.37. The Labute approximate surface area is 188 Å². The minimum Gasteiger partial charge on any atom is -0.475 e. The molecule has 0 saturated carbocycles. The molecule has 4 rings (SSSR count). The van der Waals surface area contributed by atoms with Crippen LogP contribution in [0.25, 0.3) is 10.9 Å². The molecular formula is C26H30N4O2. The van der Waals surface area contributed by atoms with Crippen molar-refractivity contribution in [3.63, 3.8) is 0 Å². The number of aromatic amines is 1. The third-order valence-corrected chi connectivity index (χ3v) is 5.51. The topological polar surface area (TPSA) is 82.2 Å². The lowest BCUT2D eigenvalue weighted by atomic mass is 9.99. The Morgan fingerprint density at radius 3 is 2.53 bits per heavy atom. The fourth-order valence-corrected chi connectivity index (χ4v) is 3.79. The maximum Gasteiger partial charge on any atom is 0.240 e. The number of H-pyrrole nitrogens is 1. The number of ether oxygens (including phenoxy) is 1. The molecule has 6 heteroatoms. The highest BCUT2D eigenvalue weighted by atomic mass is 16.5. The highest BCUT2D eigenvalue weighted by molar-refractivity contribution is 5.87. The molecule has 1 heterocycles. The molecule has 0 aliphatic carbocycles. The summed E-state index contributed by atoms with van der Waals surface area (Å²) in [5, 5.41) is 25.9. The molecule has 0 amide bonds. The van der Waals surface area contributed by atoms with Gasteiger partial charge in [-0.05, 0) is 48.7 Å². The minimum absolute atomic E-state index is 0.370. The van der Waals surface area contributed by atoms with Gasteiger partial charge >= 0.3 is 0 Å². The van der Waals surface area contributed by atoms with Crippen LogP contribution in [0.15, 0.2) is 72.8 Å². The summed E-state index contributed by atoms with van der Waals surface area (Å²) in [5.74, 6) is 0.967. The molecule has 1 atom stereocenters. The number of benzene rings is 3. The van der Waals surface area contributed by atoms with Crippen LogP contribution in [0.2, 0.25) is 0 Å². The van der Waals surface area contributed by atoms with E-state index in [0.717, 1.165) is 27.8 Å². The van der Waals surface area contributed by atoms with E-state index in [0.29, 0.717) is 24.9 Å². The Hall–Kier alpha value is -3.35. The molecule has 4 aromatic rings. The number of aromatic nitrogens is 2. The first kappa shape index (κ1) is 21.9. The highest BCUT2D eigenvalue weighted by Crippen LogP contribution is 2.31. The van der Waals surface area contributed by atoms with Crippen molar-refractivity contribution in [2.45, 2.75) is 32.4 Å². The number of nitrogens with one attached hydrogen (secondary N) is 3. The van der Waals surface area contributed by atoms with E-state index in [9.17, 15) is 5.11 Å². The molecule has 3 aromatic carbocycles. The van der Waals surface area contributed by atoms with E-state index in [2.05, 4.69) is 40.7 Å². The molecule has 0 radical (unpaired) electrons. The number of anilines is 2. The Kier molecular flexibility index (Phi) is 6.44. The molecule has 0 unspecified atom stereocenters. The van der Waals surface area contributed by atoms with Crippen LogP contribution >= 0.6 is 0 Å². The van der Waals surface area contributed by atoms with Crippen molar-refractivity contribution in [1.82, 2.24) is 15.5 Å². The van der Waals surface area contributed by atoms with Crippen LogP contribution in [0.4, 0.5) is 11.4 Å². The predicted octanol–water partition coefficient (Wildman–Crippen LogP) is 5.26. The van der Waals surface area contributed by atoms with Gasteiger partial charge in [0.1, 0.15) is 12.3 Å². The molecule has 6 nitrogen and oxygen atoms in total. The van der Waals surface area contributed by atoms with Crippen molar-refractivity contribution in [2.75, 3.05) is 18.5 Å². The molecule has 0 fully saturated rings. The number of fused-ring (bicyclic) bond motifs is 1. The highest BCUT2D eigenvalue weighted by Gasteiger charge is 2.22. The van der Waals surface area contributed by atoms with Crippen LogP contribution in [0.3, 0.4) is 0 Å². The molecule has 0 spiro atoms. The van der Waals surface area contributed by atoms with Gasteiger partial charge in [0.15, 0.2) is 0 Å². The molecule has 166 valence electrons. The first-order valence-corrected chi connectivity index (χ1v) is 10.9. The SMILES string of the molecule is CC(C)c1cccc2[nH]nc(OCCN[C@](C)(O)c3cccc(Nc4ccccc4)c3)c12. The lowest BCUT2D eigenvalue weighted by molar-refractivity contribution is 0.0169. The summed E-state index contributed by atoms with van der Waals surface area (Å²) in [6.45, 7) is 6.90. The molecule has 1 aromatic heterocycles. The number of hydrogen-bond acceptors (Lipinski definition) is 5. The number of rotatable bonds is 9. The standard InChI is InChI=1S/C26H30N4O2/c1-18(2)22-13-8-14-23-24(22)25(30-29-23)32-16-15-27-26(3,31)19-9-7-12-21(17-19)28-20-10-5-4-6-11-20/h4-14,17-18,27-28,31H,15-16H2,1-3H3,(H,29,30)/t26-/m1/s1. The van der Waals surface area contributed by atoms with Crippen LogP contribution in [-0.4, -0.2) is 28.5 Å². The Balaban J connectivity index is 1.38. The molecule has 0 aliphatic rings. The molecule has 0 saturated heterocycles. The average Bonchev–Trinajstić information content (AvgIpc) is 3.21. The molecule has 4 N–H and O–H groups in total. The lowest BCUT2D eigenvalue weighted by Gasteiger charge is -2.26. The quantitative estimate of drug-likeness (QED) is 0.215. The Morgan fingerprint density at radius 2 is 1.75 bits per heavy atom. The van der Waals surface area contributed by atoms with E-state index in [1.54, 1.807) is 6.92 Å². The Morgan fingerprint density at radius 1 is 1.00 bits per heavy atom. The maximum atomic E-state index is 11.0. The zero-order valence-electron chi connectivity index (χ0n) is 18.7. The van der Waals surface area contributed by atoms with E-state index < -0.39 is 5.72 Å². The maximum absolute atomic E-state index is 11.0. The summed E-state index contributed by atoms with van der Waals surface area (Å²) in [7, 11) is 0. The zero-order valence-corrected chi connectivity index (χ0v) is 18.7. The first-order valence-electron chi connectivity index (χ1n) is 10.9. The van der Waals surface area contributed by atoms with Crippen molar-refractivity contribution in [3.05, 3.63) is 83.9 Å². The van der Waals surface area contributed by atoms with Crippen molar-refractivity contribution in [2.24, 2.45) is 0 Å². The largest absolute Gasteiger partial charge is 0.475 e. The van der Waals surface area contributed by atoms with E-state index in [4.69, 9.17) is 4.74 Å². The zero-order chi connectivity index (χ0) is 22.6.